The zero-order chi connectivity index (χ0) is 13.3. The third-order valence-corrected chi connectivity index (χ3v) is 2.80. The molecular weight excluding hydrogens is 220 g/mol. The average molecular weight is 244 g/mol. The van der Waals surface area contributed by atoms with Crippen molar-refractivity contribution < 1.29 is 14.7 Å². The maximum absolute atomic E-state index is 11.7. The van der Waals surface area contributed by atoms with E-state index in [2.05, 4.69) is 12.2 Å². The summed E-state index contributed by atoms with van der Waals surface area (Å²) in [6.45, 7) is 4.56. The van der Waals surface area contributed by atoms with Crippen LogP contribution in [0.25, 0.3) is 0 Å². The van der Waals surface area contributed by atoms with E-state index >= 15 is 0 Å². The number of nitrogens with zero attached hydrogens (tertiary/aromatic N) is 1. The molecular formula is C12H24N2O3. The minimum Gasteiger partial charge on any atom is -0.481 e. The molecule has 0 aromatic rings. The predicted molar refractivity (Wildman–Crippen MR) is 67.0 cm³/mol. The van der Waals surface area contributed by atoms with Crippen LogP contribution in [0.2, 0.25) is 0 Å². The monoisotopic (exact) mass is 244 g/mol. The molecule has 2 N–H and O–H groups in total. The van der Waals surface area contributed by atoms with Crippen molar-refractivity contribution in [2.75, 3.05) is 13.6 Å². The number of carbonyl (C=O) groups excluding carboxylic acids is 1. The molecule has 0 aliphatic rings. The highest BCUT2D eigenvalue weighted by molar-refractivity contribution is 5.74. The Hall–Kier alpha value is -1.26. The van der Waals surface area contributed by atoms with E-state index in [4.69, 9.17) is 5.11 Å². The molecule has 1 atom stereocenters. The molecule has 0 rings (SSSR count). The fourth-order valence-electron chi connectivity index (χ4n) is 1.45. The Bertz CT molecular complexity index is 244. The van der Waals surface area contributed by atoms with Crippen molar-refractivity contribution in [2.24, 2.45) is 0 Å². The number of urea groups is 1. The van der Waals surface area contributed by atoms with E-state index in [-0.39, 0.29) is 18.5 Å². The molecule has 0 spiro atoms. The van der Waals surface area contributed by atoms with Gasteiger partial charge in [-0.2, -0.15) is 0 Å². The molecule has 0 fully saturated rings. The maximum Gasteiger partial charge on any atom is 0.317 e. The van der Waals surface area contributed by atoms with Crippen molar-refractivity contribution >= 4 is 12.0 Å². The van der Waals surface area contributed by atoms with Crippen molar-refractivity contribution in [3.63, 3.8) is 0 Å². The van der Waals surface area contributed by atoms with Gasteiger partial charge in [-0.25, -0.2) is 4.79 Å². The number of rotatable bonds is 8. The molecule has 0 bridgehead atoms. The van der Waals surface area contributed by atoms with Gasteiger partial charge in [-0.15, -0.1) is 0 Å². The lowest BCUT2D eigenvalue weighted by Gasteiger charge is -2.25. The molecule has 1 unspecified atom stereocenters. The van der Waals surface area contributed by atoms with Crippen molar-refractivity contribution in [3.8, 4) is 0 Å². The normalized spacial score (nSPS) is 11.9. The highest BCUT2D eigenvalue weighted by Gasteiger charge is 2.14. The second-order valence-corrected chi connectivity index (χ2v) is 4.33. The first-order valence-electron chi connectivity index (χ1n) is 6.21. The summed E-state index contributed by atoms with van der Waals surface area (Å²) in [5, 5.41) is 11.2. The van der Waals surface area contributed by atoms with Crippen LogP contribution in [0.15, 0.2) is 0 Å². The Kier molecular flexibility index (Phi) is 8.19. The Morgan fingerprint density at radius 2 is 2.00 bits per heavy atom. The Morgan fingerprint density at radius 3 is 2.53 bits per heavy atom. The fourth-order valence-corrected chi connectivity index (χ4v) is 1.45. The van der Waals surface area contributed by atoms with Crippen LogP contribution in [0.1, 0.15) is 46.0 Å². The van der Waals surface area contributed by atoms with E-state index in [1.807, 2.05) is 6.92 Å². The van der Waals surface area contributed by atoms with Gasteiger partial charge in [0.25, 0.3) is 0 Å². The predicted octanol–water partition coefficient (Wildman–Crippen LogP) is 2.07. The molecule has 0 aromatic carbocycles. The van der Waals surface area contributed by atoms with Crippen LogP contribution in [0, 0.1) is 0 Å². The number of carboxylic acids is 1. The second kappa shape index (κ2) is 8.84. The van der Waals surface area contributed by atoms with Gasteiger partial charge in [-0.3, -0.25) is 4.79 Å². The minimum atomic E-state index is -0.830. The summed E-state index contributed by atoms with van der Waals surface area (Å²) in [5.74, 6) is -0.830. The third kappa shape index (κ3) is 7.60. The quantitative estimate of drug-likeness (QED) is 0.642. The molecule has 5 nitrogen and oxygen atoms in total. The van der Waals surface area contributed by atoms with Gasteiger partial charge < -0.3 is 15.3 Å². The Labute approximate surface area is 103 Å². The molecule has 0 aromatic heterocycles. The van der Waals surface area contributed by atoms with E-state index in [0.29, 0.717) is 13.0 Å². The molecule has 0 heterocycles. The van der Waals surface area contributed by atoms with Crippen molar-refractivity contribution in [1.29, 1.82) is 0 Å². The number of nitrogens with one attached hydrogen (secondary N) is 1. The zero-order valence-corrected chi connectivity index (χ0v) is 11.0. The lowest BCUT2D eigenvalue weighted by Crippen LogP contribution is -2.42. The van der Waals surface area contributed by atoms with Crippen molar-refractivity contribution in [2.45, 2.75) is 52.0 Å². The number of hydrogen-bond acceptors (Lipinski definition) is 2. The van der Waals surface area contributed by atoms with E-state index < -0.39 is 5.97 Å². The smallest absolute Gasteiger partial charge is 0.317 e. The molecule has 2 amide bonds. The summed E-state index contributed by atoms with van der Waals surface area (Å²) in [6.07, 6.45) is 3.79. The van der Waals surface area contributed by atoms with Gasteiger partial charge in [0.1, 0.15) is 0 Å². The number of unbranched alkanes of at least 4 members (excludes halogenated alkanes) is 1. The van der Waals surface area contributed by atoms with Gasteiger partial charge in [0.2, 0.25) is 0 Å². The summed E-state index contributed by atoms with van der Waals surface area (Å²) < 4.78 is 0. The lowest BCUT2D eigenvalue weighted by molar-refractivity contribution is -0.137. The zero-order valence-electron chi connectivity index (χ0n) is 11.0. The molecule has 5 heteroatoms. The van der Waals surface area contributed by atoms with Gasteiger partial charge in [-0.1, -0.05) is 19.8 Å². The highest BCUT2D eigenvalue weighted by atomic mass is 16.4. The minimum absolute atomic E-state index is 0.0926. The topological polar surface area (TPSA) is 69.6 Å². The van der Waals surface area contributed by atoms with Crippen molar-refractivity contribution in [3.05, 3.63) is 0 Å². The van der Waals surface area contributed by atoms with Crippen LogP contribution in [-0.4, -0.2) is 41.6 Å². The van der Waals surface area contributed by atoms with Gasteiger partial charge >= 0.3 is 12.0 Å². The van der Waals surface area contributed by atoms with Gasteiger partial charge in [-0.05, 0) is 19.8 Å². The molecule has 17 heavy (non-hydrogen) atoms. The van der Waals surface area contributed by atoms with E-state index in [1.165, 1.54) is 0 Å². The number of hydrogen-bond donors (Lipinski definition) is 2. The molecule has 0 aliphatic carbocycles. The van der Waals surface area contributed by atoms with Crippen LogP contribution >= 0.6 is 0 Å². The molecule has 0 saturated carbocycles. The molecule has 0 saturated heterocycles. The van der Waals surface area contributed by atoms with Crippen molar-refractivity contribution in [1.82, 2.24) is 10.2 Å². The average Bonchev–Trinajstić information content (AvgIpc) is 2.30. The number of carboxylic acid groups (broad SMARTS) is 1. The number of aliphatic carboxylic acids is 1. The summed E-state index contributed by atoms with van der Waals surface area (Å²) >= 11 is 0. The fraction of sp³-hybridized carbons (Fsp3) is 0.833. The van der Waals surface area contributed by atoms with Crippen LogP contribution in [0.3, 0.4) is 0 Å². The Morgan fingerprint density at radius 1 is 1.35 bits per heavy atom. The van der Waals surface area contributed by atoms with E-state index in [0.717, 1.165) is 19.3 Å². The molecule has 0 aliphatic heterocycles. The van der Waals surface area contributed by atoms with Crippen LogP contribution in [0.4, 0.5) is 4.79 Å². The SMILES string of the molecule is CCCCC(C)N(C)C(=O)NCCCC(=O)O. The van der Waals surface area contributed by atoms with Crippen LogP contribution in [0.5, 0.6) is 0 Å². The van der Waals surface area contributed by atoms with Crippen LogP contribution < -0.4 is 5.32 Å². The lowest BCUT2D eigenvalue weighted by atomic mass is 10.1. The summed E-state index contributed by atoms with van der Waals surface area (Å²) in [6, 6.07) is 0.0911. The van der Waals surface area contributed by atoms with E-state index in [9.17, 15) is 9.59 Å². The van der Waals surface area contributed by atoms with Gasteiger partial charge in [0.15, 0.2) is 0 Å². The first-order valence-corrected chi connectivity index (χ1v) is 6.21. The Balaban J connectivity index is 3.76. The highest BCUT2D eigenvalue weighted by Crippen LogP contribution is 2.06. The van der Waals surface area contributed by atoms with Crippen LogP contribution in [-0.2, 0) is 4.79 Å². The summed E-state index contributed by atoms with van der Waals surface area (Å²) in [4.78, 5) is 23.6. The maximum atomic E-state index is 11.7. The first kappa shape index (κ1) is 15.7. The van der Waals surface area contributed by atoms with Gasteiger partial charge in [0, 0.05) is 26.1 Å². The largest absolute Gasteiger partial charge is 0.481 e. The number of amides is 2. The standard InChI is InChI=1S/C12H24N2O3/c1-4-5-7-10(2)14(3)12(17)13-9-6-8-11(15)16/h10H,4-9H2,1-3H3,(H,13,17)(H,15,16). The third-order valence-electron chi connectivity index (χ3n) is 2.80. The second-order valence-electron chi connectivity index (χ2n) is 4.33. The first-order chi connectivity index (χ1) is 7.99. The summed E-state index contributed by atoms with van der Waals surface area (Å²) in [7, 11) is 1.77. The summed E-state index contributed by atoms with van der Waals surface area (Å²) in [5.41, 5.74) is 0. The molecule has 100 valence electrons. The van der Waals surface area contributed by atoms with Gasteiger partial charge in [0.05, 0.1) is 0 Å². The number of carbonyl (C=O) groups is 2. The van der Waals surface area contributed by atoms with E-state index in [1.54, 1.807) is 11.9 Å². The molecule has 0 radical (unpaired) electrons.